The van der Waals surface area contributed by atoms with Gasteiger partial charge in [0.2, 0.25) is 5.91 Å². The Hall–Kier alpha value is -3.65. The van der Waals surface area contributed by atoms with E-state index >= 15 is 0 Å². The molecule has 0 fully saturated rings. The summed E-state index contributed by atoms with van der Waals surface area (Å²) >= 11 is 1.42. The number of nitrogens with zero attached hydrogens (tertiary/aromatic N) is 2. The van der Waals surface area contributed by atoms with Gasteiger partial charge in [-0.1, -0.05) is 24.3 Å². The summed E-state index contributed by atoms with van der Waals surface area (Å²) in [5.41, 5.74) is 3.05. The van der Waals surface area contributed by atoms with E-state index in [9.17, 15) is 19.7 Å². The van der Waals surface area contributed by atoms with E-state index in [0.717, 1.165) is 30.0 Å². The minimum Gasteiger partial charge on any atom is -0.322 e. The van der Waals surface area contributed by atoms with Gasteiger partial charge in [-0.3, -0.25) is 19.7 Å². The molecule has 0 spiro atoms. The maximum atomic E-state index is 12.8. The van der Waals surface area contributed by atoms with Crippen molar-refractivity contribution in [3.63, 3.8) is 0 Å². The average Bonchev–Trinajstić information content (AvgIpc) is 2.82. The first-order valence-electron chi connectivity index (χ1n) is 10.2. The number of thioether (sulfide) groups is 1. The van der Waals surface area contributed by atoms with E-state index in [-0.39, 0.29) is 17.5 Å². The Bertz CT molecular complexity index is 1160. The molecule has 0 saturated heterocycles. The van der Waals surface area contributed by atoms with Crippen LogP contribution in [-0.4, -0.2) is 29.0 Å². The van der Waals surface area contributed by atoms with Crippen LogP contribution in [0.3, 0.4) is 0 Å². The molecule has 2 amide bonds. The number of aryl methyl sites for hydroxylation is 1. The fraction of sp³-hybridized carbons (Fsp3) is 0.167. The number of anilines is 2. The van der Waals surface area contributed by atoms with Crippen molar-refractivity contribution in [2.24, 2.45) is 0 Å². The van der Waals surface area contributed by atoms with Gasteiger partial charge in [-0.05, 0) is 54.8 Å². The zero-order valence-corrected chi connectivity index (χ0v) is 18.0. The number of para-hydroxylation sites is 1. The van der Waals surface area contributed by atoms with E-state index in [1.165, 1.54) is 41.6 Å². The van der Waals surface area contributed by atoms with Crippen LogP contribution in [0.4, 0.5) is 17.1 Å². The molecule has 3 aromatic carbocycles. The number of hydrogen-bond donors (Lipinski definition) is 1. The summed E-state index contributed by atoms with van der Waals surface area (Å²) in [6, 6.07) is 20.7. The molecule has 0 aromatic heterocycles. The Morgan fingerprint density at radius 2 is 1.81 bits per heavy atom. The second kappa shape index (κ2) is 9.65. The summed E-state index contributed by atoms with van der Waals surface area (Å²) in [5, 5.41) is 13.6. The number of nitro benzene ring substituents is 1. The molecule has 1 N–H and O–H groups in total. The Morgan fingerprint density at radius 1 is 1.03 bits per heavy atom. The number of benzene rings is 3. The molecule has 0 radical (unpaired) electrons. The quantitative estimate of drug-likeness (QED) is 0.329. The average molecular weight is 448 g/mol. The first-order valence-corrected chi connectivity index (χ1v) is 11.2. The molecule has 1 heterocycles. The van der Waals surface area contributed by atoms with E-state index in [1.807, 2.05) is 41.3 Å². The maximum absolute atomic E-state index is 12.8. The van der Waals surface area contributed by atoms with E-state index in [0.29, 0.717) is 17.0 Å². The number of nitrogens with one attached hydrogen (secondary N) is 1. The number of rotatable bonds is 6. The highest BCUT2D eigenvalue weighted by atomic mass is 32.2. The third-order valence-electron chi connectivity index (χ3n) is 5.21. The van der Waals surface area contributed by atoms with E-state index in [1.54, 1.807) is 6.07 Å². The molecule has 3 aromatic rings. The van der Waals surface area contributed by atoms with Crippen LogP contribution in [0.15, 0.2) is 77.7 Å². The standard InChI is InChI=1S/C24H21N3O4S/c28-23(26-14-4-6-17-5-1-2-9-22(17)26)16-32-21-8-3-7-19(15-21)25-24(29)18-10-12-20(13-11-18)27(30)31/h1-3,5,7-13,15H,4,6,14,16H2,(H,25,29). The highest BCUT2D eigenvalue weighted by molar-refractivity contribution is 8.00. The lowest BCUT2D eigenvalue weighted by Crippen LogP contribution is -2.36. The van der Waals surface area contributed by atoms with Crippen molar-refractivity contribution in [1.82, 2.24) is 0 Å². The number of hydrogen-bond acceptors (Lipinski definition) is 5. The van der Waals surface area contributed by atoms with Gasteiger partial charge in [0.15, 0.2) is 0 Å². The summed E-state index contributed by atoms with van der Waals surface area (Å²) in [4.78, 5) is 38.3. The van der Waals surface area contributed by atoms with Crippen molar-refractivity contribution >= 4 is 40.6 Å². The van der Waals surface area contributed by atoms with Crippen LogP contribution >= 0.6 is 11.8 Å². The van der Waals surface area contributed by atoms with Crippen LogP contribution in [-0.2, 0) is 11.2 Å². The summed E-state index contributed by atoms with van der Waals surface area (Å²) in [6.45, 7) is 0.724. The molecule has 32 heavy (non-hydrogen) atoms. The molecule has 0 unspecified atom stereocenters. The normalized spacial score (nSPS) is 12.7. The van der Waals surface area contributed by atoms with Crippen LogP contribution in [0.1, 0.15) is 22.3 Å². The van der Waals surface area contributed by atoms with Crippen LogP contribution in [0.5, 0.6) is 0 Å². The van der Waals surface area contributed by atoms with Crippen LogP contribution < -0.4 is 10.2 Å². The topological polar surface area (TPSA) is 92.6 Å². The van der Waals surface area contributed by atoms with Gasteiger partial charge in [-0.2, -0.15) is 0 Å². The summed E-state index contributed by atoms with van der Waals surface area (Å²) in [5.74, 6) is -0.000758. The lowest BCUT2D eigenvalue weighted by molar-refractivity contribution is -0.384. The second-order valence-electron chi connectivity index (χ2n) is 7.35. The fourth-order valence-electron chi connectivity index (χ4n) is 3.62. The van der Waals surface area contributed by atoms with Crippen molar-refractivity contribution in [3.8, 4) is 0 Å². The number of carbonyl (C=O) groups excluding carboxylic acids is 2. The molecule has 7 nitrogen and oxygen atoms in total. The zero-order chi connectivity index (χ0) is 22.5. The van der Waals surface area contributed by atoms with Gasteiger partial charge in [0.1, 0.15) is 0 Å². The molecule has 1 aliphatic heterocycles. The fourth-order valence-corrected chi connectivity index (χ4v) is 4.45. The highest BCUT2D eigenvalue weighted by Crippen LogP contribution is 2.29. The molecule has 0 atom stereocenters. The smallest absolute Gasteiger partial charge is 0.269 e. The van der Waals surface area contributed by atoms with Crippen molar-refractivity contribution in [3.05, 3.63) is 94.0 Å². The maximum Gasteiger partial charge on any atom is 0.269 e. The number of fused-ring (bicyclic) bond motifs is 1. The van der Waals surface area contributed by atoms with Gasteiger partial charge in [-0.25, -0.2) is 0 Å². The molecule has 4 rings (SSSR count). The third-order valence-corrected chi connectivity index (χ3v) is 6.18. The number of nitro groups is 1. The Kier molecular flexibility index (Phi) is 6.51. The molecular weight excluding hydrogens is 426 g/mol. The molecule has 8 heteroatoms. The van der Waals surface area contributed by atoms with Crippen LogP contribution in [0.25, 0.3) is 0 Å². The van der Waals surface area contributed by atoms with Gasteiger partial charge in [0.25, 0.3) is 11.6 Å². The van der Waals surface area contributed by atoms with Crippen molar-refractivity contribution in [2.75, 3.05) is 22.5 Å². The first kappa shape index (κ1) is 21.6. The van der Waals surface area contributed by atoms with Crippen molar-refractivity contribution in [2.45, 2.75) is 17.7 Å². The van der Waals surface area contributed by atoms with E-state index < -0.39 is 4.92 Å². The lowest BCUT2D eigenvalue weighted by Gasteiger charge is -2.29. The zero-order valence-electron chi connectivity index (χ0n) is 17.2. The summed E-state index contributed by atoms with van der Waals surface area (Å²) in [6.07, 6.45) is 1.95. The van der Waals surface area contributed by atoms with E-state index in [4.69, 9.17) is 0 Å². The third kappa shape index (κ3) is 4.97. The monoisotopic (exact) mass is 447 g/mol. The van der Waals surface area contributed by atoms with Gasteiger partial charge in [-0.15, -0.1) is 11.8 Å². The first-order chi connectivity index (χ1) is 15.5. The molecule has 162 valence electrons. The lowest BCUT2D eigenvalue weighted by atomic mass is 10.0. The predicted molar refractivity (Wildman–Crippen MR) is 125 cm³/mol. The molecular formula is C24H21N3O4S. The van der Waals surface area contributed by atoms with Crippen LogP contribution in [0.2, 0.25) is 0 Å². The number of amides is 2. The van der Waals surface area contributed by atoms with Crippen molar-refractivity contribution < 1.29 is 14.5 Å². The molecule has 1 aliphatic rings. The molecule has 0 bridgehead atoms. The summed E-state index contributed by atoms with van der Waals surface area (Å²) < 4.78 is 0. The summed E-state index contributed by atoms with van der Waals surface area (Å²) in [7, 11) is 0. The van der Waals surface area contributed by atoms with Gasteiger partial charge >= 0.3 is 0 Å². The second-order valence-corrected chi connectivity index (χ2v) is 8.40. The van der Waals surface area contributed by atoms with Gasteiger partial charge in [0.05, 0.1) is 10.7 Å². The predicted octanol–water partition coefficient (Wildman–Crippen LogP) is 4.92. The van der Waals surface area contributed by atoms with Crippen molar-refractivity contribution in [1.29, 1.82) is 0 Å². The Labute approximate surface area is 189 Å². The number of carbonyl (C=O) groups is 2. The highest BCUT2D eigenvalue weighted by Gasteiger charge is 2.22. The van der Waals surface area contributed by atoms with Crippen LogP contribution in [0, 0.1) is 10.1 Å². The van der Waals surface area contributed by atoms with E-state index in [2.05, 4.69) is 11.4 Å². The largest absolute Gasteiger partial charge is 0.322 e. The Morgan fingerprint density at radius 3 is 2.59 bits per heavy atom. The number of non-ortho nitro benzene ring substituents is 1. The van der Waals surface area contributed by atoms with Gasteiger partial charge < -0.3 is 10.2 Å². The molecule has 0 aliphatic carbocycles. The molecule has 0 saturated carbocycles. The minimum atomic E-state index is -0.508. The Balaban J connectivity index is 1.38. The van der Waals surface area contributed by atoms with Gasteiger partial charge in [0, 0.05) is 40.5 Å². The SMILES string of the molecule is O=C(Nc1cccc(SCC(=O)N2CCCc3ccccc32)c1)c1ccc([N+](=O)[O-])cc1. The minimum absolute atomic E-state index is 0.0578.